The van der Waals surface area contributed by atoms with Gasteiger partial charge >= 0.3 is 0 Å². The van der Waals surface area contributed by atoms with Crippen molar-refractivity contribution in [3.8, 4) is 0 Å². The maximum Gasteiger partial charge on any atom is 0.191 e. The summed E-state index contributed by atoms with van der Waals surface area (Å²) in [5.74, 6) is 3.38. The Morgan fingerprint density at radius 3 is 3.08 bits per heavy atom. The summed E-state index contributed by atoms with van der Waals surface area (Å²) in [6.45, 7) is 7.61. The van der Waals surface area contributed by atoms with Gasteiger partial charge in [-0.2, -0.15) is 0 Å². The van der Waals surface area contributed by atoms with Crippen molar-refractivity contribution < 1.29 is 0 Å². The van der Waals surface area contributed by atoms with Crippen molar-refractivity contribution in [2.45, 2.75) is 52.1 Å². The lowest BCUT2D eigenvalue weighted by Gasteiger charge is -2.16. The molecule has 0 radical (unpaired) electrons. The Hall–Kier alpha value is -1.89. The van der Waals surface area contributed by atoms with Crippen LogP contribution in [0.4, 0.5) is 0 Å². The van der Waals surface area contributed by atoms with Crippen LogP contribution in [0.15, 0.2) is 22.5 Å². The molecule has 0 spiro atoms. The molecule has 24 heavy (non-hydrogen) atoms. The van der Waals surface area contributed by atoms with E-state index < -0.39 is 0 Å². The number of aryl methyl sites for hydroxylation is 1. The van der Waals surface area contributed by atoms with Crippen molar-refractivity contribution >= 4 is 17.3 Å². The van der Waals surface area contributed by atoms with Crippen LogP contribution in [0.3, 0.4) is 0 Å². The van der Waals surface area contributed by atoms with Crippen LogP contribution >= 0.6 is 11.3 Å². The highest BCUT2D eigenvalue weighted by atomic mass is 32.1. The largest absolute Gasteiger partial charge is 0.357 e. The molecule has 6 nitrogen and oxygen atoms in total. The zero-order chi connectivity index (χ0) is 16.8. The topological polar surface area (TPSA) is 67.1 Å². The second kappa shape index (κ2) is 8.28. The molecule has 2 aromatic heterocycles. The van der Waals surface area contributed by atoms with Gasteiger partial charge in [-0.05, 0) is 31.2 Å². The Morgan fingerprint density at radius 1 is 1.38 bits per heavy atom. The van der Waals surface area contributed by atoms with Crippen molar-refractivity contribution in [3.63, 3.8) is 0 Å². The Labute approximate surface area is 147 Å². The number of rotatable bonds is 6. The van der Waals surface area contributed by atoms with Gasteiger partial charge in [0.2, 0.25) is 0 Å². The maximum absolute atomic E-state index is 4.69. The van der Waals surface area contributed by atoms with E-state index >= 15 is 0 Å². The van der Waals surface area contributed by atoms with Crippen LogP contribution in [-0.2, 0) is 19.5 Å². The first kappa shape index (κ1) is 17.0. The summed E-state index contributed by atoms with van der Waals surface area (Å²) in [5.41, 5.74) is 0. The summed E-state index contributed by atoms with van der Waals surface area (Å²) < 4.78 is 2.23. The van der Waals surface area contributed by atoms with Gasteiger partial charge < -0.3 is 15.2 Å². The number of fused-ring (bicyclic) bond motifs is 1. The molecular formula is C17H26N6S. The summed E-state index contributed by atoms with van der Waals surface area (Å²) in [6, 6.07) is 4.29. The monoisotopic (exact) mass is 346 g/mol. The number of aromatic nitrogens is 3. The van der Waals surface area contributed by atoms with Crippen molar-refractivity contribution in [2.24, 2.45) is 4.99 Å². The van der Waals surface area contributed by atoms with Gasteiger partial charge in [0, 0.05) is 36.9 Å². The quantitative estimate of drug-likeness (QED) is 0.623. The third-order valence-electron chi connectivity index (χ3n) is 4.26. The van der Waals surface area contributed by atoms with Gasteiger partial charge in [0.1, 0.15) is 12.4 Å². The molecule has 2 N–H and O–H groups in total. The molecule has 130 valence electrons. The number of aliphatic imine (C=N–C) groups is 1. The fourth-order valence-electron chi connectivity index (χ4n) is 2.90. The molecule has 0 aromatic carbocycles. The van der Waals surface area contributed by atoms with Crippen molar-refractivity contribution in [1.29, 1.82) is 0 Å². The zero-order valence-corrected chi connectivity index (χ0v) is 15.3. The minimum absolute atomic E-state index is 0.467. The third-order valence-corrected chi connectivity index (χ3v) is 5.37. The molecule has 1 aliphatic heterocycles. The third kappa shape index (κ3) is 4.14. The number of nitrogens with one attached hydrogen (secondary N) is 2. The average molecular weight is 347 g/mol. The van der Waals surface area contributed by atoms with Gasteiger partial charge in [0.05, 0.1) is 0 Å². The van der Waals surface area contributed by atoms with Crippen LogP contribution in [0, 0.1) is 0 Å². The second-order valence-corrected chi connectivity index (χ2v) is 7.11. The van der Waals surface area contributed by atoms with E-state index in [1.54, 1.807) is 11.3 Å². The molecule has 2 aromatic rings. The molecular weight excluding hydrogens is 320 g/mol. The highest BCUT2D eigenvalue weighted by Gasteiger charge is 2.15. The smallest absolute Gasteiger partial charge is 0.191 e. The number of nitrogens with zero attached hydrogens (tertiary/aromatic N) is 4. The van der Waals surface area contributed by atoms with Crippen LogP contribution in [0.25, 0.3) is 0 Å². The number of guanidine groups is 1. The molecule has 0 saturated heterocycles. The SMILES string of the molecule is CCNC(=NCc1nnc2n1CCCC2)NCC(C)c1cccs1. The summed E-state index contributed by atoms with van der Waals surface area (Å²) in [4.78, 5) is 6.09. The fraction of sp³-hybridized carbons (Fsp3) is 0.588. The minimum atomic E-state index is 0.467. The number of thiophene rings is 1. The lowest BCUT2D eigenvalue weighted by Crippen LogP contribution is -2.39. The standard InChI is InChI=1S/C17H26N6S/c1-3-18-17(19-11-13(2)14-7-6-10-24-14)20-12-16-22-21-15-8-4-5-9-23(15)16/h6-7,10,13H,3-5,8-9,11-12H2,1-2H3,(H2,18,19,20). The lowest BCUT2D eigenvalue weighted by atomic mass is 10.1. The van der Waals surface area contributed by atoms with Gasteiger partial charge in [-0.1, -0.05) is 13.0 Å². The first-order valence-electron chi connectivity index (χ1n) is 8.74. The van der Waals surface area contributed by atoms with E-state index in [1.165, 1.54) is 17.7 Å². The number of hydrogen-bond donors (Lipinski definition) is 2. The second-order valence-electron chi connectivity index (χ2n) is 6.13. The van der Waals surface area contributed by atoms with Crippen LogP contribution in [-0.4, -0.2) is 33.8 Å². The Balaban J connectivity index is 1.60. The van der Waals surface area contributed by atoms with Crippen LogP contribution in [0.5, 0.6) is 0 Å². The van der Waals surface area contributed by atoms with E-state index in [4.69, 9.17) is 4.99 Å². The van der Waals surface area contributed by atoms with Crippen LogP contribution in [0.2, 0.25) is 0 Å². The van der Waals surface area contributed by atoms with E-state index in [1.807, 2.05) is 0 Å². The Bertz CT molecular complexity index is 661. The van der Waals surface area contributed by atoms with E-state index in [9.17, 15) is 0 Å². The van der Waals surface area contributed by atoms with Gasteiger partial charge in [0.25, 0.3) is 0 Å². The zero-order valence-electron chi connectivity index (χ0n) is 14.5. The van der Waals surface area contributed by atoms with E-state index in [2.05, 4.69) is 56.8 Å². The van der Waals surface area contributed by atoms with Crippen LogP contribution in [0.1, 0.15) is 49.1 Å². The van der Waals surface area contributed by atoms with Gasteiger partial charge in [0.15, 0.2) is 11.8 Å². The minimum Gasteiger partial charge on any atom is -0.357 e. The average Bonchev–Trinajstić information content (AvgIpc) is 3.27. The summed E-state index contributed by atoms with van der Waals surface area (Å²) in [7, 11) is 0. The molecule has 7 heteroatoms. The molecule has 0 aliphatic carbocycles. The fourth-order valence-corrected chi connectivity index (χ4v) is 3.69. The predicted octanol–water partition coefficient (Wildman–Crippen LogP) is 2.53. The molecule has 1 atom stereocenters. The normalized spacial score (nSPS) is 15.8. The highest BCUT2D eigenvalue weighted by molar-refractivity contribution is 7.10. The van der Waals surface area contributed by atoms with E-state index in [0.717, 1.165) is 43.7 Å². The Kier molecular flexibility index (Phi) is 5.85. The van der Waals surface area contributed by atoms with Crippen molar-refractivity contribution in [2.75, 3.05) is 13.1 Å². The van der Waals surface area contributed by atoms with E-state index in [0.29, 0.717) is 12.5 Å². The molecule has 3 rings (SSSR count). The molecule has 3 heterocycles. The first-order chi connectivity index (χ1) is 11.8. The predicted molar refractivity (Wildman–Crippen MR) is 98.5 cm³/mol. The summed E-state index contributed by atoms with van der Waals surface area (Å²) >= 11 is 1.80. The first-order valence-corrected chi connectivity index (χ1v) is 9.62. The Morgan fingerprint density at radius 2 is 2.29 bits per heavy atom. The highest BCUT2D eigenvalue weighted by Crippen LogP contribution is 2.19. The van der Waals surface area contributed by atoms with Crippen molar-refractivity contribution in [3.05, 3.63) is 34.0 Å². The molecule has 0 saturated carbocycles. The molecule has 1 unspecified atom stereocenters. The molecule has 0 fully saturated rings. The number of hydrogen-bond acceptors (Lipinski definition) is 4. The van der Waals surface area contributed by atoms with Gasteiger partial charge in [-0.15, -0.1) is 21.5 Å². The lowest BCUT2D eigenvalue weighted by molar-refractivity contribution is 0.508. The van der Waals surface area contributed by atoms with Crippen molar-refractivity contribution in [1.82, 2.24) is 25.4 Å². The van der Waals surface area contributed by atoms with Crippen LogP contribution < -0.4 is 10.6 Å². The summed E-state index contributed by atoms with van der Waals surface area (Å²) in [5, 5.41) is 17.5. The molecule has 0 amide bonds. The van der Waals surface area contributed by atoms with Gasteiger partial charge in [-0.25, -0.2) is 4.99 Å². The maximum atomic E-state index is 4.69. The molecule has 1 aliphatic rings. The molecule has 0 bridgehead atoms. The van der Waals surface area contributed by atoms with Gasteiger partial charge in [-0.3, -0.25) is 0 Å². The van der Waals surface area contributed by atoms with E-state index in [-0.39, 0.29) is 0 Å². The summed E-state index contributed by atoms with van der Waals surface area (Å²) in [6.07, 6.45) is 3.46.